The van der Waals surface area contributed by atoms with Gasteiger partial charge >= 0.3 is 18.1 Å². The van der Waals surface area contributed by atoms with Crippen LogP contribution in [0.2, 0.25) is 0 Å². The molecule has 26 heavy (non-hydrogen) atoms. The molecule has 0 aliphatic carbocycles. The Morgan fingerprint density at radius 3 is 2.58 bits per heavy atom. The predicted octanol–water partition coefficient (Wildman–Crippen LogP) is 1.61. The number of hydrogen-bond donors (Lipinski definition) is 3. The smallest absolute Gasteiger partial charge is 0.472 e. The summed E-state index contributed by atoms with van der Waals surface area (Å²) in [6.07, 6.45) is -4.72. The minimum absolute atomic E-state index is 0.0346. The monoisotopic (exact) mass is 375 g/mol. The Balaban J connectivity index is 1.97. The summed E-state index contributed by atoms with van der Waals surface area (Å²) in [5.41, 5.74) is 3.64. The molecular weight excluding hydrogens is 355 g/mol. The molecule has 2 rings (SSSR count). The average molecular weight is 375 g/mol. The number of halogens is 3. The van der Waals surface area contributed by atoms with Gasteiger partial charge in [0, 0.05) is 12.6 Å². The third kappa shape index (κ3) is 4.93. The highest BCUT2D eigenvalue weighted by atomic mass is 19.4. The molecule has 1 saturated heterocycles. The predicted molar refractivity (Wildman–Crippen MR) is 84.3 cm³/mol. The Labute approximate surface area is 148 Å². The number of piperidine rings is 1. The van der Waals surface area contributed by atoms with E-state index in [1.54, 1.807) is 5.43 Å². The Kier molecular flexibility index (Phi) is 6.21. The highest BCUT2D eigenvalue weighted by Gasteiger charge is 2.48. The number of alkyl halides is 3. The number of rotatable bonds is 6. The fraction of sp³-hybridized carbons (Fsp3) is 0.500. The normalized spacial score (nSPS) is 24.2. The lowest BCUT2D eigenvalue weighted by Crippen LogP contribution is -2.67. The molecule has 1 amide bonds. The second kappa shape index (κ2) is 8.02. The number of hydrazine groups is 1. The number of amides is 1. The van der Waals surface area contributed by atoms with Crippen molar-refractivity contribution in [2.45, 2.75) is 44.1 Å². The molecule has 2 atom stereocenters. The maximum atomic E-state index is 12.5. The van der Waals surface area contributed by atoms with Crippen molar-refractivity contribution >= 4 is 11.9 Å². The number of nitrogens with one attached hydrogen (secondary N) is 2. The van der Waals surface area contributed by atoms with Crippen LogP contribution in [0.5, 0.6) is 0 Å². The van der Waals surface area contributed by atoms with E-state index in [4.69, 9.17) is 4.84 Å². The summed E-state index contributed by atoms with van der Waals surface area (Å²) in [5.74, 6) is -3.53. The number of aliphatic carboxylic acids is 1. The van der Waals surface area contributed by atoms with Gasteiger partial charge in [0.05, 0.1) is 6.61 Å². The number of carboxylic acids is 1. The van der Waals surface area contributed by atoms with Crippen molar-refractivity contribution in [2.75, 3.05) is 6.54 Å². The average Bonchev–Trinajstić information content (AvgIpc) is 2.57. The Morgan fingerprint density at radius 1 is 1.35 bits per heavy atom. The van der Waals surface area contributed by atoms with Crippen LogP contribution in [-0.4, -0.2) is 46.3 Å². The zero-order valence-corrected chi connectivity index (χ0v) is 14.0. The highest BCUT2D eigenvalue weighted by molar-refractivity contribution is 5.83. The Morgan fingerprint density at radius 2 is 2.00 bits per heavy atom. The molecule has 10 heteroatoms. The van der Waals surface area contributed by atoms with E-state index in [0.717, 1.165) is 10.6 Å². The third-order valence-electron chi connectivity index (χ3n) is 4.26. The summed E-state index contributed by atoms with van der Waals surface area (Å²) in [4.78, 5) is 28.1. The van der Waals surface area contributed by atoms with Gasteiger partial charge in [0.1, 0.15) is 5.54 Å². The molecule has 1 aromatic carbocycles. The van der Waals surface area contributed by atoms with E-state index >= 15 is 0 Å². The molecular formula is C16H20F3N3O4. The fourth-order valence-electron chi connectivity index (χ4n) is 2.59. The van der Waals surface area contributed by atoms with E-state index in [9.17, 15) is 27.9 Å². The lowest BCUT2D eigenvalue weighted by Gasteiger charge is -2.44. The molecule has 0 aromatic heterocycles. The second-order valence-electron chi connectivity index (χ2n) is 6.26. The van der Waals surface area contributed by atoms with E-state index in [-0.39, 0.29) is 19.6 Å². The largest absolute Gasteiger partial charge is 0.480 e. The second-order valence-corrected chi connectivity index (χ2v) is 6.26. The molecule has 0 bridgehead atoms. The summed E-state index contributed by atoms with van der Waals surface area (Å²) in [6.45, 7) is 1.36. The van der Waals surface area contributed by atoms with Crippen molar-refractivity contribution < 1.29 is 32.7 Å². The number of hydrogen-bond acceptors (Lipinski definition) is 5. The summed E-state index contributed by atoms with van der Waals surface area (Å²) in [7, 11) is 0. The van der Waals surface area contributed by atoms with Crippen LogP contribution in [0.25, 0.3) is 0 Å². The molecule has 7 nitrogen and oxygen atoms in total. The van der Waals surface area contributed by atoms with Crippen molar-refractivity contribution in [1.82, 2.24) is 15.9 Å². The van der Waals surface area contributed by atoms with Gasteiger partial charge in [0.2, 0.25) is 0 Å². The van der Waals surface area contributed by atoms with Gasteiger partial charge in [-0.1, -0.05) is 30.3 Å². The van der Waals surface area contributed by atoms with Gasteiger partial charge in [0.15, 0.2) is 0 Å². The fourth-order valence-corrected chi connectivity index (χ4v) is 2.59. The first kappa shape index (κ1) is 20.1. The molecule has 0 saturated carbocycles. The number of hydroxylamine groups is 1. The van der Waals surface area contributed by atoms with Gasteiger partial charge in [0.25, 0.3) is 0 Å². The Bertz CT molecular complexity index is 641. The van der Waals surface area contributed by atoms with E-state index in [2.05, 4.69) is 5.48 Å². The first-order valence-electron chi connectivity index (χ1n) is 7.93. The molecule has 0 radical (unpaired) electrons. The van der Waals surface area contributed by atoms with Crippen LogP contribution in [0, 0.1) is 0 Å². The minimum Gasteiger partial charge on any atom is -0.480 e. The summed E-state index contributed by atoms with van der Waals surface area (Å²) in [6, 6.07) is 8.78. The number of nitrogens with zero attached hydrogens (tertiary/aromatic N) is 1. The molecule has 0 unspecified atom stereocenters. The highest BCUT2D eigenvalue weighted by Crippen LogP contribution is 2.28. The lowest BCUT2D eigenvalue weighted by atomic mass is 9.88. The molecule has 1 aromatic rings. The van der Waals surface area contributed by atoms with Gasteiger partial charge in [-0.3, -0.25) is 19.9 Å². The molecule has 144 valence electrons. The van der Waals surface area contributed by atoms with Gasteiger partial charge in [-0.2, -0.15) is 18.7 Å². The van der Waals surface area contributed by atoms with Gasteiger partial charge in [-0.05, 0) is 25.3 Å². The topological polar surface area (TPSA) is 90.9 Å². The van der Waals surface area contributed by atoms with Crippen LogP contribution >= 0.6 is 0 Å². The molecule has 1 aliphatic heterocycles. The summed E-state index contributed by atoms with van der Waals surface area (Å²) in [5, 5.41) is 10.2. The van der Waals surface area contributed by atoms with Crippen molar-refractivity contribution in [3.8, 4) is 0 Å². The third-order valence-corrected chi connectivity index (χ3v) is 4.26. The van der Waals surface area contributed by atoms with Crippen LogP contribution in [-0.2, 0) is 21.0 Å². The molecule has 3 N–H and O–H groups in total. The van der Waals surface area contributed by atoms with Crippen LogP contribution < -0.4 is 10.9 Å². The van der Waals surface area contributed by atoms with Crippen LogP contribution in [0.3, 0.4) is 0 Å². The zero-order valence-electron chi connectivity index (χ0n) is 14.0. The van der Waals surface area contributed by atoms with Crippen LogP contribution in [0.4, 0.5) is 13.2 Å². The SMILES string of the molecule is C[C@@]1(C(=O)O)CC[C@@H](NOCc2ccccc2)CN1NC(=O)C(F)(F)F. The lowest BCUT2D eigenvalue weighted by molar-refractivity contribution is -0.186. The summed E-state index contributed by atoms with van der Waals surface area (Å²) >= 11 is 0. The molecule has 0 spiro atoms. The van der Waals surface area contributed by atoms with E-state index < -0.39 is 29.6 Å². The first-order valence-corrected chi connectivity index (χ1v) is 7.93. The van der Waals surface area contributed by atoms with Crippen molar-refractivity contribution in [1.29, 1.82) is 0 Å². The van der Waals surface area contributed by atoms with Crippen LogP contribution in [0.15, 0.2) is 30.3 Å². The standard InChI is InChI=1S/C16H20F3N3O4/c1-15(14(24)25)8-7-12(9-22(15)20-13(23)16(17,18)19)21-26-10-11-5-3-2-4-6-11/h2-6,12,21H,7-10H2,1H3,(H,20,23)(H,24,25)/t12-,15+/m1/s1. The number of carbonyl (C=O) groups excluding carboxylic acids is 1. The number of benzene rings is 1. The van der Waals surface area contributed by atoms with Gasteiger partial charge < -0.3 is 5.11 Å². The molecule has 1 fully saturated rings. The van der Waals surface area contributed by atoms with E-state index in [0.29, 0.717) is 6.42 Å². The van der Waals surface area contributed by atoms with Crippen LogP contribution in [0.1, 0.15) is 25.3 Å². The number of carboxylic acid groups (broad SMARTS) is 1. The van der Waals surface area contributed by atoms with E-state index in [1.807, 2.05) is 30.3 Å². The first-order chi connectivity index (χ1) is 12.1. The maximum Gasteiger partial charge on any atom is 0.472 e. The quantitative estimate of drug-likeness (QED) is 0.655. The van der Waals surface area contributed by atoms with Crippen molar-refractivity contribution in [3.63, 3.8) is 0 Å². The molecule has 1 aliphatic rings. The van der Waals surface area contributed by atoms with Crippen molar-refractivity contribution in [2.24, 2.45) is 0 Å². The van der Waals surface area contributed by atoms with Gasteiger partial charge in [-0.25, -0.2) is 5.01 Å². The Hall–Kier alpha value is -2.17. The number of carbonyl (C=O) groups is 2. The van der Waals surface area contributed by atoms with E-state index in [1.165, 1.54) is 6.92 Å². The maximum absolute atomic E-state index is 12.5. The van der Waals surface area contributed by atoms with Crippen molar-refractivity contribution in [3.05, 3.63) is 35.9 Å². The zero-order chi connectivity index (χ0) is 19.4. The van der Waals surface area contributed by atoms with Gasteiger partial charge in [-0.15, -0.1) is 0 Å². The molecule has 1 heterocycles. The minimum atomic E-state index is -5.11. The summed E-state index contributed by atoms with van der Waals surface area (Å²) < 4.78 is 37.6.